The highest BCUT2D eigenvalue weighted by atomic mass is 19.1. The molecule has 2 aromatic heterocycles. The number of ether oxygens (including phenoxy) is 2. The number of anilines is 2. The molecule has 0 aliphatic rings. The van der Waals surface area contributed by atoms with Crippen molar-refractivity contribution in [2.24, 2.45) is 0 Å². The summed E-state index contributed by atoms with van der Waals surface area (Å²) in [5, 5.41) is 3.88. The van der Waals surface area contributed by atoms with E-state index in [2.05, 4.69) is 20.3 Å². The highest BCUT2D eigenvalue weighted by molar-refractivity contribution is 5.94. The van der Waals surface area contributed by atoms with E-state index in [1.54, 1.807) is 50.7 Å². The van der Waals surface area contributed by atoms with E-state index in [1.165, 1.54) is 6.07 Å². The van der Waals surface area contributed by atoms with Crippen molar-refractivity contribution in [2.45, 2.75) is 0 Å². The van der Waals surface area contributed by atoms with Gasteiger partial charge in [-0.05, 0) is 30.3 Å². The lowest BCUT2D eigenvalue weighted by Crippen LogP contribution is -2.02. The number of benzene rings is 2. The molecule has 0 saturated carbocycles. The molecule has 1 N–H and O–H groups in total. The number of fused-ring (bicyclic) bond motifs is 1. The molecule has 0 saturated heterocycles. The molecule has 0 amide bonds. The monoisotopic (exact) mass is 376 g/mol. The molecule has 0 aliphatic heterocycles. The van der Waals surface area contributed by atoms with E-state index in [0.29, 0.717) is 39.6 Å². The normalized spacial score (nSPS) is 10.7. The molecule has 28 heavy (non-hydrogen) atoms. The summed E-state index contributed by atoms with van der Waals surface area (Å²) in [6.07, 6.45) is 1.67. The van der Waals surface area contributed by atoms with Gasteiger partial charge in [-0.3, -0.25) is 0 Å². The first kappa shape index (κ1) is 17.7. The average Bonchev–Trinajstić information content (AvgIpc) is 2.73. The molecule has 0 spiro atoms. The van der Waals surface area contributed by atoms with Crippen molar-refractivity contribution in [3.05, 3.63) is 66.6 Å². The first-order chi connectivity index (χ1) is 13.7. The van der Waals surface area contributed by atoms with Crippen LogP contribution in [0, 0.1) is 5.82 Å². The zero-order valence-electron chi connectivity index (χ0n) is 15.3. The number of pyridine rings is 1. The van der Waals surface area contributed by atoms with Crippen LogP contribution in [-0.4, -0.2) is 29.2 Å². The highest BCUT2D eigenvalue weighted by Crippen LogP contribution is 2.36. The van der Waals surface area contributed by atoms with Gasteiger partial charge in [0.25, 0.3) is 0 Å². The second kappa shape index (κ2) is 7.48. The second-order valence-electron chi connectivity index (χ2n) is 5.94. The van der Waals surface area contributed by atoms with Crippen LogP contribution in [0.15, 0.2) is 60.8 Å². The van der Waals surface area contributed by atoms with Crippen LogP contribution in [0.5, 0.6) is 11.5 Å². The number of rotatable bonds is 5. The van der Waals surface area contributed by atoms with Crippen molar-refractivity contribution in [3.63, 3.8) is 0 Å². The zero-order chi connectivity index (χ0) is 19.5. The van der Waals surface area contributed by atoms with Crippen LogP contribution in [-0.2, 0) is 0 Å². The van der Waals surface area contributed by atoms with Crippen molar-refractivity contribution in [3.8, 4) is 22.9 Å². The Morgan fingerprint density at radius 1 is 0.893 bits per heavy atom. The number of hydrogen-bond acceptors (Lipinski definition) is 6. The van der Waals surface area contributed by atoms with Crippen molar-refractivity contribution >= 4 is 22.5 Å². The molecule has 6 nitrogen and oxygen atoms in total. The second-order valence-corrected chi connectivity index (χ2v) is 5.94. The van der Waals surface area contributed by atoms with Crippen molar-refractivity contribution in [1.82, 2.24) is 15.0 Å². The first-order valence-corrected chi connectivity index (χ1v) is 8.56. The Balaban J connectivity index is 1.96. The molecule has 0 bridgehead atoms. The van der Waals surface area contributed by atoms with Crippen molar-refractivity contribution < 1.29 is 13.9 Å². The number of halogens is 1. The Morgan fingerprint density at radius 2 is 1.64 bits per heavy atom. The predicted molar refractivity (Wildman–Crippen MR) is 106 cm³/mol. The van der Waals surface area contributed by atoms with Gasteiger partial charge in [-0.25, -0.2) is 19.3 Å². The molecule has 0 aliphatic carbocycles. The molecule has 0 fully saturated rings. The third kappa shape index (κ3) is 3.29. The van der Waals surface area contributed by atoms with Gasteiger partial charge in [-0.15, -0.1) is 0 Å². The molecular weight excluding hydrogens is 359 g/mol. The van der Waals surface area contributed by atoms with E-state index in [9.17, 15) is 4.39 Å². The summed E-state index contributed by atoms with van der Waals surface area (Å²) < 4.78 is 25.1. The summed E-state index contributed by atoms with van der Waals surface area (Å²) in [5.41, 5.74) is 0.896. The van der Waals surface area contributed by atoms with Gasteiger partial charge in [0.1, 0.15) is 17.5 Å². The fraction of sp³-hybridized carbons (Fsp3) is 0.0952. The van der Waals surface area contributed by atoms with Crippen molar-refractivity contribution in [1.29, 1.82) is 0 Å². The molecule has 2 aromatic carbocycles. The van der Waals surface area contributed by atoms with Gasteiger partial charge < -0.3 is 14.8 Å². The summed E-state index contributed by atoms with van der Waals surface area (Å²) in [6, 6.07) is 15.4. The maximum atomic E-state index is 14.3. The Kier molecular flexibility index (Phi) is 4.72. The topological polar surface area (TPSA) is 69.2 Å². The predicted octanol–water partition coefficient (Wildman–Crippen LogP) is 4.59. The van der Waals surface area contributed by atoms with Gasteiger partial charge in [0.15, 0.2) is 17.3 Å². The molecule has 0 radical (unpaired) electrons. The third-order valence-corrected chi connectivity index (χ3v) is 4.23. The molecular formula is C21H17FN4O2. The maximum Gasteiger partial charge on any atom is 0.165 e. The van der Waals surface area contributed by atoms with E-state index in [1.807, 2.05) is 18.2 Å². The van der Waals surface area contributed by atoms with Gasteiger partial charge in [-0.1, -0.05) is 18.2 Å². The summed E-state index contributed by atoms with van der Waals surface area (Å²) >= 11 is 0. The van der Waals surface area contributed by atoms with Crippen LogP contribution in [0.4, 0.5) is 16.0 Å². The van der Waals surface area contributed by atoms with Crippen LogP contribution in [0.1, 0.15) is 0 Å². The van der Waals surface area contributed by atoms with Crippen LogP contribution in [0.25, 0.3) is 22.3 Å². The van der Waals surface area contributed by atoms with Crippen LogP contribution in [0.2, 0.25) is 0 Å². The van der Waals surface area contributed by atoms with E-state index in [0.717, 1.165) is 0 Å². The molecule has 0 atom stereocenters. The fourth-order valence-electron chi connectivity index (χ4n) is 2.87. The average molecular weight is 376 g/mol. The minimum atomic E-state index is -0.397. The summed E-state index contributed by atoms with van der Waals surface area (Å²) in [5.74, 6) is 2.03. The summed E-state index contributed by atoms with van der Waals surface area (Å²) in [6.45, 7) is 0. The van der Waals surface area contributed by atoms with Gasteiger partial charge >= 0.3 is 0 Å². The van der Waals surface area contributed by atoms with Gasteiger partial charge in [-0.2, -0.15) is 0 Å². The minimum absolute atomic E-state index is 0.260. The molecule has 140 valence electrons. The Labute approximate surface area is 161 Å². The van der Waals surface area contributed by atoms with Crippen LogP contribution >= 0.6 is 0 Å². The lowest BCUT2D eigenvalue weighted by atomic mass is 10.1. The third-order valence-electron chi connectivity index (χ3n) is 4.23. The molecule has 2 heterocycles. The lowest BCUT2D eigenvalue weighted by Gasteiger charge is -2.14. The van der Waals surface area contributed by atoms with E-state index in [-0.39, 0.29) is 5.82 Å². The Hall–Kier alpha value is -3.74. The largest absolute Gasteiger partial charge is 0.493 e. The number of hydrogen-bond donors (Lipinski definition) is 1. The van der Waals surface area contributed by atoms with E-state index in [4.69, 9.17) is 9.47 Å². The smallest absolute Gasteiger partial charge is 0.165 e. The molecule has 4 rings (SSSR count). The molecule has 4 aromatic rings. The fourth-order valence-corrected chi connectivity index (χ4v) is 2.87. The molecule has 7 heteroatoms. The van der Waals surface area contributed by atoms with E-state index < -0.39 is 5.82 Å². The van der Waals surface area contributed by atoms with Crippen molar-refractivity contribution in [2.75, 3.05) is 19.5 Å². The number of nitrogens with one attached hydrogen (secondary N) is 1. The van der Waals surface area contributed by atoms with Gasteiger partial charge in [0, 0.05) is 17.6 Å². The Bertz CT molecular complexity index is 1140. The standard InChI is InChI=1S/C21H17FN4O2/c1-27-17-11-14-16(12-18(17)28-2)24-20(13-7-3-4-8-15(13)22)26-21(14)25-19-9-5-6-10-23-19/h3-12H,1-2H3,(H,23,24,25,26). The lowest BCUT2D eigenvalue weighted by molar-refractivity contribution is 0.356. The summed E-state index contributed by atoms with van der Waals surface area (Å²) in [4.78, 5) is 13.4. The number of nitrogens with zero attached hydrogens (tertiary/aromatic N) is 3. The SMILES string of the molecule is COc1cc2nc(-c3ccccc3F)nc(Nc3ccccn3)c2cc1OC. The van der Waals surface area contributed by atoms with Crippen LogP contribution in [0.3, 0.4) is 0 Å². The maximum absolute atomic E-state index is 14.3. The highest BCUT2D eigenvalue weighted by Gasteiger charge is 2.16. The van der Waals surface area contributed by atoms with E-state index >= 15 is 0 Å². The number of methoxy groups -OCH3 is 2. The molecule has 0 unspecified atom stereocenters. The minimum Gasteiger partial charge on any atom is -0.493 e. The summed E-state index contributed by atoms with van der Waals surface area (Å²) in [7, 11) is 3.11. The Morgan fingerprint density at radius 3 is 2.36 bits per heavy atom. The van der Waals surface area contributed by atoms with Gasteiger partial charge in [0.05, 0.1) is 25.3 Å². The zero-order valence-corrected chi connectivity index (χ0v) is 15.3. The number of aromatic nitrogens is 3. The van der Waals surface area contributed by atoms with Crippen LogP contribution < -0.4 is 14.8 Å². The first-order valence-electron chi connectivity index (χ1n) is 8.56. The van der Waals surface area contributed by atoms with Gasteiger partial charge in [0.2, 0.25) is 0 Å². The quantitative estimate of drug-likeness (QED) is 0.549.